The van der Waals surface area contributed by atoms with E-state index in [1.165, 1.54) is 6.20 Å². The average molecular weight is 231 g/mol. The van der Waals surface area contributed by atoms with Crippen molar-refractivity contribution in [3.05, 3.63) is 29.0 Å². The molecule has 1 aromatic rings. The molecule has 0 aliphatic rings. The first-order chi connectivity index (χ1) is 7.09. The zero-order valence-electron chi connectivity index (χ0n) is 7.85. The van der Waals surface area contributed by atoms with E-state index in [0.29, 0.717) is 10.7 Å². The van der Waals surface area contributed by atoms with Crippen LogP contribution in [-0.4, -0.2) is 27.8 Å². The monoisotopic (exact) mass is 230 g/mol. The number of aliphatic hydroxyl groups is 1. The Morgan fingerprint density at radius 3 is 3.00 bits per heavy atom. The lowest BCUT2D eigenvalue weighted by molar-refractivity contribution is 0.158. The summed E-state index contributed by atoms with van der Waals surface area (Å²) in [7, 11) is 0. The molecule has 1 atom stereocenters. The van der Waals surface area contributed by atoms with Gasteiger partial charge in [-0.15, -0.1) is 0 Å². The average Bonchev–Trinajstić information content (AvgIpc) is 2.17. The first kappa shape index (κ1) is 11.7. The number of nitrogens with zero attached hydrogens (tertiary/aromatic N) is 1. The Hall–Kier alpha value is -1.33. The molecule has 0 aliphatic heterocycles. The van der Waals surface area contributed by atoms with Crippen molar-refractivity contribution in [1.29, 1.82) is 0 Å². The molecule has 0 spiro atoms. The van der Waals surface area contributed by atoms with Gasteiger partial charge in [0.05, 0.1) is 11.8 Å². The topological polar surface area (TPSA) is 82.5 Å². The summed E-state index contributed by atoms with van der Waals surface area (Å²) < 4.78 is 0. The van der Waals surface area contributed by atoms with Crippen LogP contribution in [0.3, 0.4) is 0 Å². The maximum absolute atomic E-state index is 10.1. The van der Waals surface area contributed by atoms with Gasteiger partial charge < -0.3 is 15.5 Å². The molecule has 1 unspecified atom stereocenters. The van der Waals surface area contributed by atoms with Gasteiger partial charge in [0.1, 0.15) is 0 Å². The van der Waals surface area contributed by atoms with E-state index < -0.39 is 12.2 Å². The van der Waals surface area contributed by atoms with E-state index in [4.69, 9.17) is 16.7 Å². The minimum absolute atomic E-state index is 0.171. The van der Waals surface area contributed by atoms with Crippen molar-refractivity contribution in [3.8, 4) is 0 Å². The lowest BCUT2D eigenvalue weighted by Gasteiger charge is -2.09. The Bertz CT molecular complexity index is 346. The molecular formula is C9H11ClN2O3. The molecular weight excluding hydrogens is 220 g/mol. The Morgan fingerprint density at radius 1 is 1.67 bits per heavy atom. The maximum Gasteiger partial charge on any atom is 0.404 e. The van der Waals surface area contributed by atoms with Crippen molar-refractivity contribution in [3.63, 3.8) is 0 Å². The smallest absolute Gasteiger partial charge is 0.404 e. The fraction of sp³-hybridized carbons (Fsp3) is 0.333. The highest BCUT2D eigenvalue weighted by Crippen LogP contribution is 2.16. The number of hydrogen-bond acceptors (Lipinski definition) is 3. The molecule has 3 N–H and O–H groups in total. The van der Waals surface area contributed by atoms with Crippen molar-refractivity contribution in [2.75, 3.05) is 6.54 Å². The molecule has 1 aromatic heterocycles. The molecule has 0 aliphatic carbocycles. The van der Waals surface area contributed by atoms with Crippen LogP contribution in [0.5, 0.6) is 0 Å². The molecule has 0 radical (unpaired) electrons. The van der Waals surface area contributed by atoms with Crippen molar-refractivity contribution < 1.29 is 15.0 Å². The summed E-state index contributed by atoms with van der Waals surface area (Å²) in [4.78, 5) is 14.1. The molecule has 1 amide bonds. The van der Waals surface area contributed by atoms with E-state index in [9.17, 15) is 9.90 Å². The van der Waals surface area contributed by atoms with Crippen LogP contribution >= 0.6 is 11.6 Å². The van der Waals surface area contributed by atoms with Gasteiger partial charge in [-0.3, -0.25) is 4.98 Å². The third-order valence-electron chi connectivity index (χ3n) is 1.78. The van der Waals surface area contributed by atoms with Crippen LogP contribution < -0.4 is 5.32 Å². The highest BCUT2D eigenvalue weighted by molar-refractivity contribution is 6.30. The molecule has 1 heterocycles. The predicted octanol–water partition coefficient (Wildman–Crippen LogP) is 1.43. The zero-order valence-corrected chi connectivity index (χ0v) is 8.61. The third-order valence-corrected chi connectivity index (χ3v) is 2.01. The number of hydrogen-bond donors (Lipinski definition) is 3. The van der Waals surface area contributed by atoms with Gasteiger partial charge in [-0.05, 0) is 18.6 Å². The molecule has 15 heavy (non-hydrogen) atoms. The van der Waals surface area contributed by atoms with Gasteiger partial charge in [0, 0.05) is 17.8 Å². The molecule has 0 bridgehead atoms. The minimum atomic E-state index is -1.11. The molecule has 6 heteroatoms. The Morgan fingerprint density at radius 2 is 2.40 bits per heavy atom. The molecule has 0 fully saturated rings. The van der Waals surface area contributed by atoms with Gasteiger partial charge in [0.15, 0.2) is 0 Å². The number of carbonyl (C=O) groups is 1. The highest BCUT2D eigenvalue weighted by Gasteiger charge is 2.09. The fourth-order valence-electron chi connectivity index (χ4n) is 1.07. The van der Waals surface area contributed by atoms with Crippen LogP contribution in [0.1, 0.15) is 18.2 Å². The van der Waals surface area contributed by atoms with Gasteiger partial charge in [-0.25, -0.2) is 4.79 Å². The van der Waals surface area contributed by atoms with Gasteiger partial charge in [0.2, 0.25) is 0 Å². The normalized spacial score (nSPS) is 12.1. The molecule has 5 nitrogen and oxygen atoms in total. The van der Waals surface area contributed by atoms with Crippen LogP contribution in [0.2, 0.25) is 5.02 Å². The Kier molecular flexibility index (Phi) is 4.33. The van der Waals surface area contributed by atoms with Crippen molar-refractivity contribution in [2.45, 2.75) is 12.5 Å². The summed E-state index contributed by atoms with van der Waals surface area (Å²) in [6, 6.07) is 3.15. The number of aromatic nitrogens is 1. The predicted molar refractivity (Wildman–Crippen MR) is 54.9 cm³/mol. The maximum atomic E-state index is 10.1. The summed E-state index contributed by atoms with van der Waals surface area (Å²) in [6.07, 6.45) is -0.165. The van der Waals surface area contributed by atoms with Gasteiger partial charge in [-0.1, -0.05) is 11.6 Å². The summed E-state index contributed by atoms with van der Waals surface area (Å²) in [5.41, 5.74) is 0.440. The number of amides is 1. The number of halogens is 1. The number of aliphatic hydroxyl groups excluding tert-OH is 1. The summed E-state index contributed by atoms with van der Waals surface area (Å²) in [5.74, 6) is 0. The first-order valence-electron chi connectivity index (χ1n) is 4.36. The molecule has 1 rings (SSSR count). The second kappa shape index (κ2) is 5.53. The molecule has 0 saturated heterocycles. The van der Waals surface area contributed by atoms with Gasteiger partial charge >= 0.3 is 6.09 Å². The molecule has 82 valence electrons. The van der Waals surface area contributed by atoms with E-state index in [0.717, 1.165) is 0 Å². The van der Waals surface area contributed by atoms with E-state index in [-0.39, 0.29) is 13.0 Å². The number of pyridine rings is 1. The quantitative estimate of drug-likeness (QED) is 0.731. The number of nitrogens with one attached hydrogen (secondary N) is 1. The summed E-state index contributed by atoms with van der Waals surface area (Å²) in [5, 5.41) is 20.6. The molecule has 0 aromatic carbocycles. The molecule has 0 saturated carbocycles. The van der Waals surface area contributed by atoms with Crippen molar-refractivity contribution >= 4 is 17.7 Å². The SMILES string of the molecule is O=C(O)NCCC(O)c1cc(Cl)ccn1. The standard InChI is InChI=1S/C9H11ClN2O3/c10-6-1-3-11-7(5-6)8(13)2-4-12-9(14)15/h1,3,5,8,12-13H,2,4H2,(H,14,15). The highest BCUT2D eigenvalue weighted by atomic mass is 35.5. The first-order valence-corrected chi connectivity index (χ1v) is 4.73. The Labute approximate surface area is 91.7 Å². The van der Waals surface area contributed by atoms with E-state index in [1.54, 1.807) is 12.1 Å². The second-order valence-corrected chi connectivity index (χ2v) is 3.37. The summed E-state index contributed by atoms with van der Waals surface area (Å²) >= 11 is 5.71. The lowest BCUT2D eigenvalue weighted by atomic mass is 10.1. The van der Waals surface area contributed by atoms with Gasteiger partial charge in [0.25, 0.3) is 0 Å². The van der Waals surface area contributed by atoms with Gasteiger partial charge in [-0.2, -0.15) is 0 Å². The second-order valence-electron chi connectivity index (χ2n) is 2.94. The van der Waals surface area contributed by atoms with Crippen LogP contribution in [0.4, 0.5) is 4.79 Å². The third kappa shape index (κ3) is 4.14. The van der Waals surface area contributed by atoms with Crippen molar-refractivity contribution in [1.82, 2.24) is 10.3 Å². The Balaban J connectivity index is 2.46. The van der Waals surface area contributed by atoms with Crippen LogP contribution in [0.15, 0.2) is 18.3 Å². The van der Waals surface area contributed by atoms with Crippen LogP contribution in [-0.2, 0) is 0 Å². The zero-order chi connectivity index (χ0) is 11.3. The van der Waals surface area contributed by atoms with Crippen molar-refractivity contribution in [2.24, 2.45) is 0 Å². The minimum Gasteiger partial charge on any atom is -0.465 e. The number of rotatable bonds is 4. The van der Waals surface area contributed by atoms with Crippen LogP contribution in [0, 0.1) is 0 Å². The van der Waals surface area contributed by atoms with E-state index in [2.05, 4.69) is 10.3 Å². The summed E-state index contributed by atoms with van der Waals surface area (Å²) in [6.45, 7) is 0.171. The largest absolute Gasteiger partial charge is 0.465 e. The van der Waals surface area contributed by atoms with Crippen LogP contribution in [0.25, 0.3) is 0 Å². The van der Waals surface area contributed by atoms with E-state index in [1.807, 2.05) is 0 Å². The fourth-order valence-corrected chi connectivity index (χ4v) is 1.24. The van der Waals surface area contributed by atoms with E-state index >= 15 is 0 Å². The number of carboxylic acid groups (broad SMARTS) is 1. The lowest BCUT2D eigenvalue weighted by Crippen LogP contribution is -2.23.